The summed E-state index contributed by atoms with van der Waals surface area (Å²) in [5.41, 5.74) is -6.33. The third kappa shape index (κ3) is 2.74. The highest BCUT2D eigenvalue weighted by Crippen LogP contribution is 2.32. The lowest BCUT2D eigenvalue weighted by atomic mass is 9.84. The summed E-state index contributed by atoms with van der Waals surface area (Å²) in [7, 11) is 0. The topological polar surface area (TPSA) is 80.7 Å². The maximum atomic E-state index is 14.5. The van der Waals surface area contributed by atoms with E-state index >= 15 is 0 Å². The highest BCUT2D eigenvalue weighted by atomic mass is 19.3. The molecule has 0 aliphatic heterocycles. The number of carboxylic acid groups (broad SMARTS) is 1. The third-order valence-corrected chi connectivity index (χ3v) is 3.72. The molecule has 9 heteroatoms. The Kier molecular flexibility index (Phi) is 5.70. The van der Waals surface area contributed by atoms with E-state index in [2.05, 4.69) is 4.94 Å². The van der Waals surface area contributed by atoms with E-state index in [1.807, 2.05) is 0 Å². The van der Waals surface area contributed by atoms with Crippen molar-refractivity contribution in [2.45, 2.75) is 39.3 Å². The predicted molar refractivity (Wildman–Crippen MR) is 72.9 cm³/mol. The molecule has 0 aliphatic rings. The monoisotopic (exact) mass is 350 g/mol. The van der Waals surface area contributed by atoms with Crippen LogP contribution in [-0.4, -0.2) is 28.5 Å². The van der Waals surface area contributed by atoms with Crippen molar-refractivity contribution in [2.24, 2.45) is 0 Å². The second kappa shape index (κ2) is 6.98. The Bertz CT molecular complexity index is 717. The fourth-order valence-corrected chi connectivity index (χ4v) is 2.49. The van der Waals surface area contributed by atoms with Gasteiger partial charge in [-0.25, -0.2) is 27.7 Å². The SMILES string of the molecule is CCc1c(F)c(F)c(C)c(C(=O)C(F)(C(=O)O)C(=O)OF)c1CC. The first kappa shape index (κ1) is 19.6. The van der Waals surface area contributed by atoms with Crippen LogP contribution in [0.2, 0.25) is 0 Å². The van der Waals surface area contributed by atoms with Crippen LogP contribution in [0.25, 0.3) is 0 Å². The molecule has 1 aromatic carbocycles. The maximum Gasteiger partial charge on any atom is 0.405 e. The van der Waals surface area contributed by atoms with Crippen LogP contribution < -0.4 is 0 Å². The zero-order valence-electron chi connectivity index (χ0n) is 13.0. The summed E-state index contributed by atoms with van der Waals surface area (Å²) in [6.45, 7) is 3.81. The molecule has 0 radical (unpaired) electrons. The number of rotatable bonds is 6. The summed E-state index contributed by atoms with van der Waals surface area (Å²) < 4.78 is 54.5. The quantitative estimate of drug-likeness (QED) is 0.485. The van der Waals surface area contributed by atoms with Gasteiger partial charge in [-0.3, -0.25) is 4.79 Å². The van der Waals surface area contributed by atoms with E-state index in [1.54, 1.807) is 0 Å². The zero-order valence-corrected chi connectivity index (χ0v) is 13.0. The average molecular weight is 350 g/mol. The minimum absolute atomic E-state index is 0.0770. The molecule has 0 aromatic heterocycles. The van der Waals surface area contributed by atoms with Crippen LogP contribution in [0.1, 0.15) is 40.9 Å². The molecule has 0 saturated heterocycles. The number of hydrogen-bond donors (Lipinski definition) is 1. The highest BCUT2D eigenvalue weighted by Gasteiger charge is 2.58. The van der Waals surface area contributed by atoms with Crippen LogP contribution in [0.5, 0.6) is 0 Å². The van der Waals surface area contributed by atoms with Crippen molar-refractivity contribution >= 4 is 17.7 Å². The molecular formula is C15H14F4O5. The van der Waals surface area contributed by atoms with Gasteiger partial charge in [0.2, 0.25) is 5.78 Å². The molecule has 0 amide bonds. The summed E-state index contributed by atoms with van der Waals surface area (Å²) in [4.78, 5) is 37.1. The van der Waals surface area contributed by atoms with Gasteiger partial charge in [-0.2, -0.15) is 0 Å². The average Bonchev–Trinajstić information content (AvgIpc) is 2.56. The molecule has 0 aliphatic carbocycles. The maximum absolute atomic E-state index is 14.5. The van der Waals surface area contributed by atoms with Crippen LogP contribution >= 0.6 is 0 Å². The van der Waals surface area contributed by atoms with Gasteiger partial charge in [-0.15, -0.1) is 0 Å². The Morgan fingerprint density at radius 1 is 1.08 bits per heavy atom. The molecule has 1 atom stereocenters. The van der Waals surface area contributed by atoms with Crippen LogP contribution in [0.3, 0.4) is 0 Å². The van der Waals surface area contributed by atoms with Crippen LogP contribution in [-0.2, 0) is 27.4 Å². The van der Waals surface area contributed by atoms with E-state index in [0.717, 1.165) is 6.92 Å². The number of Topliss-reactive ketones (excluding diaryl/α,β-unsaturated/α-hetero) is 1. The Hall–Kier alpha value is -2.45. The second-order valence-electron chi connectivity index (χ2n) is 4.95. The summed E-state index contributed by atoms with van der Waals surface area (Å²) in [6.07, 6.45) is -0.158. The van der Waals surface area contributed by atoms with E-state index in [4.69, 9.17) is 5.11 Å². The Balaban J connectivity index is 3.84. The van der Waals surface area contributed by atoms with E-state index in [0.29, 0.717) is 0 Å². The molecule has 1 N–H and O–H groups in total. The van der Waals surface area contributed by atoms with Gasteiger partial charge >= 0.3 is 17.6 Å². The number of halogens is 4. The Morgan fingerprint density at radius 2 is 1.58 bits per heavy atom. The highest BCUT2D eigenvalue weighted by molar-refractivity contribution is 6.29. The smallest absolute Gasteiger partial charge is 0.405 e. The molecule has 132 valence electrons. The van der Waals surface area contributed by atoms with Crippen LogP contribution in [0.15, 0.2) is 0 Å². The predicted octanol–water partition coefficient (Wildman–Crippen LogP) is 2.80. The fraction of sp³-hybridized carbons (Fsp3) is 0.400. The fourth-order valence-electron chi connectivity index (χ4n) is 2.49. The standard InChI is InChI=1S/C15H14F4O5/c1-4-7-8(5-2)11(17)10(16)6(3)9(7)12(20)15(18,13(21)22)14(23)24-19/h4-5H2,1-3H3,(H,21,22). The molecule has 0 heterocycles. The first-order chi connectivity index (χ1) is 11.1. The van der Waals surface area contributed by atoms with E-state index < -0.39 is 46.2 Å². The summed E-state index contributed by atoms with van der Waals surface area (Å²) in [6, 6.07) is 0. The van der Waals surface area contributed by atoms with Crippen molar-refractivity contribution in [1.29, 1.82) is 0 Å². The number of carbonyl (C=O) groups excluding carboxylic acids is 2. The van der Waals surface area contributed by atoms with Crippen molar-refractivity contribution in [3.8, 4) is 0 Å². The molecular weight excluding hydrogens is 336 g/mol. The molecule has 1 aromatic rings. The van der Waals surface area contributed by atoms with Gasteiger partial charge in [-0.1, -0.05) is 13.8 Å². The number of hydrogen-bond acceptors (Lipinski definition) is 4. The molecule has 0 fully saturated rings. The molecule has 0 spiro atoms. The van der Waals surface area contributed by atoms with Crippen LogP contribution in [0, 0.1) is 18.6 Å². The van der Waals surface area contributed by atoms with Gasteiger partial charge in [0.15, 0.2) is 11.6 Å². The molecule has 24 heavy (non-hydrogen) atoms. The summed E-state index contributed by atoms with van der Waals surface area (Å²) in [5, 5.41) is 8.84. The van der Waals surface area contributed by atoms with Gasteiger partial charge in [0, 0.05) is 10.1 Å². The Labute approximate surface area is 134 Å². The first-order valence-electron chi connectivity index (χ1n) is 6.88. The molecule has 5 nitrogen and oxygen atoms in total. The number of benzene rings is 1. The van der Waals surface area contributed by atoms with E-state index in [9.17, 15) is 32.1 Å². The van der Waals surface area contributed by atoms with E-state index in [-0.39, 0.29) is 24.0 Å². The summed E-state index contributed by atoms with van der Waals surface area (Å²) >= 11 is 0. The van der Waals surface area contributed by atoms with Gasteiger partial charge in [0.25, 0.3) is 0 Å². The number of alkyl halides is 1. The van der Waals surface area contributed by atoms with Crippen molar-refractivity contribution in [1.82, 2.24) is 0 Å². The lowest BCUT2D eigenvalue weighted by Crippen LogP contribution is -2.50. The molecule has 0 bridgehead atoms. The minimum atomic E-state index is -4.42. The van der Waals surface area contributed by atoms with Crippen molar-refractivity contribution in [3.63, 3.8) is 0 Å². The van der Waals surface area contributed by atoms with Crippen molar-refractivity contribution in [3.05, 3.63) is 33.9 Å². The lowest BCUT2D eigenvalue weighted by Gasteiger charge is -2.21. The molecule has 1 rings (SSSR count). The van der Waals surface area contributed by atoms with E-state index in [1.165, 1.54) is 13.8 Å². The molecule has 0 saturated carbocycles. The number of ketones is 1. The number of carbonyl (C=O) groups is 3. The molecule has 1 unspecified atom stereocenters. The van der Waals surface area contributed by atoms with Crippen molar-refractivity contribution < 1.29 is 42.1 Å². The lowest BCUT2D eigenvalue weighted by molar-refractivity contribution is -0.198. The van der Waals surface area contributed by atoms with Crippen LogP contribution in [0.4, 0.5) is 17.7 Å². The third-order valence-electron chi connectivity index (χ3n) is 3.72. The number of aliphatic carboxylic acids is 1. The first-order valence-corrected chi connectivity index (χ1v) is 6.88. The second-order valence-corrected chi connectivity index (χ2v) is 4.95. The largest absolute Gasteiger partial charge is 0.478 e. The minimum Gasteiger partial charge on any atom is -0.478 e. The summed E-state index contributed by atoms with van der Waals surface area (Å²) in [5.74, 6) is -9.99. The normalized spacial score (nSPS) is 13.3. The zero-order chi connectivity index (χ0) is 18.8. The van der Waals surface area contributed by atoms with Gasteiger partial charge in [0.05, 0.1) is 0 Å². The van der Waals surface area contributed by atoms with Gasteiger partial charge in [-0.05, 0) is 36.5 Å². The van der Waals surface area contributed by atoms with Gasteiger partial charge < -0.3 is 5.11 Å². The van der Waals surface area contributed by atoms with Gasteiger partial charge in [0.1, 0.15) is 0 Å². The van der Waals surface area contributed by atoms with Crippen molar-refractivity contribution in [2.75, 3.05) is 0 Å². The number of carboxylic acids is 1. The Morgan fingerprint density at radius 3 is 1.96 bits per heavy atom.